The van der Waals surface area contributed by atoms with Gasteiger partial charge in [-0.15, -0.1) is 0 Å². The predicted molar refractivity (Wildman–Crippen MR) is 66.9 cm³/mol. The Hall–Kier alpha value is -1.28. The van der Waals surface area contributed by atoms with Crippen LogP contribution in [0.1, 0.15) is 19.8 Å². The van der Waals surface area contributed by atoms with Gasteiger partial charge in [0.25, 0.3) is 0 Å². The number of nitrogens with zero attached hydrogens (tertiary/aromatic N) is 1. The number of rotatable bonds is 4. The lowest BCUT2D eigenvalue weighted by atomic mass is 10.2. The van der Waals surface area contributed by atoms with Crippen molar-refractivity contribution < 1.29 is 4.79 Å². The summed E-state index contributed by atoms with van der Waals surface area (Å²) in [6.07, 6.45) is 3.52. The van der Waals surface area contributed by atoms with E-state index >= 15 is 0 Å². The molecule has 0 aliphatic heterocycles. The van der Waals surface area contributed by atoms with Crippen LogP contribution in [0.3, 0.4) is 0 Å². The Morgan fingerprint density at radius 2 is 2.19 bits per heavy atom. The lowest BCUT2D eigenvalue weighted by Gasteiger charge is -2.05. The number of hydrogen-bond donors (Lipinski definition) is 0. The van der Waals surface area contributed by atoms with Crippen LogP contribution in [-0.4, -0.2) is 10.4 Å². The van der Waals surface area contributed by atoms with Gasteiger partial charge in [0.1, 0.15) is 5.78 Å². The van der Waals surface area contributed by atoms with Crippen molar-refractivity contribution in [2.45, 2.75) is 26.3 Å². The second kappa shape index (κ2) is 4.71. The fourth-order valence-corrected chi connectivity index (χ4v) is 2.19. The van der Waals surface area contributed by atoms with Crippen molar-refractivity contribution in [1.29, 1.82) is 0 Å². The number of aryl methyl sites for hydroxylation is 1. The monoisotopic (exact) mass is 235 g/mol. The molecule has 16 heavy (non-hydrogen) atoms. The van der Waals surface area contributed by atoms with Crippen LogP contribution >= 0.6 is 11.6 Å². The van der Waals surface area contributed by atoms with Crippen LogP contribution in [0.2, 0.25) is 5.02 Å². The first-order chi connectivity index (χ1) is 7.68. The molecule has 0 bridgehead atoms. The molecule has 1 aromatic heterocycles. The Morgan fingerprint density at radius 1 is 1.38 bits per heavy atom. The zero-order valence-electron chi connectivity index (χ0n) is 9.24. The highest BCUT2D eigenvalue weighted by molar-refractivity contribution is 6.35. The lowest BCUT2D eigenvalue weighted by Crippen LogP contribution is -1.99. The maximum Gasteiger partial charge on any atom is 0.129 e. The molecule has 0 amide bonds. The van der Waals surface area contributed by atoms with Crippen LogP contribution in [0.4, 0.5) is 0 Å². The number of Topliss-reactive ketones (excluding diaryl/α,β-unsaturated/α-hetero) is 1. The summed E-state index contributed by atoms with van der Waals surface area (Å²) in [5.74, 6) is 0.238. The summed E-state index contributed by atoms with van der Waals surface area (Å²) in [5.41, 5.74) is 1.06. The molecule has 0 aliphatic carbocycles. The Kier molecular flexibility index (Phi) is 3.30. The SMILES string of the molecule is CC(=O)CCCn1ccc2cccc(Cl)c21. The van der Waals surface area contributed by atoms with E-state index in [0.29, 0.717) is 6.42 Å². The molecule has 0 fully saturated rings. The van der Waals surface area contributed by atoms with E-state index in [2.05, 4.69) is 10.6 Å². The van der Waals surface area contributed by atoms with E-state index in [4.69, 9.17) is 11.6 Å². The molecule has 0 N–H and O–H groups in total. The smallest absolute Gasteiger partial charge is 0.129 e. The molecule has 2 aromatic rings. The minimum Gasteiger partial charge on any atom is -0.346 e. The van der Waals surface area contributed by atoms with Gasteiger partial charge in [-0.3, -0.25) is 0 Å². The zero-order chi connectivity index (χ0) is 11.5. The highest BCUT2D eigenvalue weighted by atomic mass is 35.5. The minimum absolute atomic E-state index is 0.238. The van der Waals surface area contributed by atoms with E-state index in [9.17, 15) is 4.79 Å². The molecular formula is C13H14ClNO. The van der Waals surface area contributed by atoms with Gasteiger partial charge in [0.15, 0.2) is 0 Å². The van der Waals surface area contributed by atoms with Crippen LogP contribution in [0.15, 0.2) is 30.5 Å². The summed E-state index contributed by atoms with van der Waals surface area (Å²) in [7, 11) is 0. The number of para-hydroxylation sites is 1. The Balaban J connectivity index is 2.21. The topological polar surface area (TPSA) is 22.0 Å². The second-order valence-corrected chi connectivity index (χ2v) is 4.40. The fraction of sp³-hybridized carbons (Fsp3) is 0.308. The molecule has 0 radical (unpaired) electrons. The summed E-state index contributed by atoms with van der Waals surface area (Å²) in [6.45, 7) is 2.47. The van der Waals surface area contributed by atoms with Crippen molar-refractivity contribution in [3.05, 3.63) is 35.5 Å². The van der Waals surface area contributed by atoms with Crippen molar-refractivity contribution in [3.8, 4) is 0 Å². The Bertz CT molecular complexity index is 516. The fourth-order valence-electron chi connectivity index (χ4n) is 1.90. The standard InChI is InChI=1S/C13H14ClNO/c1-10(16)4-3-8-15-9-7-11-5-2-6-12(14)13(11)15/h2,5-7,9H,3-4,8H2,1H3. The number of carbonyl (C=O) groups excluding carboxylic acids is 1. The van der Waals surface area contributed by atoms with Gasteiger partial charge in [0.05, 0.1) is 10.5 Å². The van der Waals surface area contributed by atoms with E-state index < -0.39 is 0 Å². The number of benzene rings is 1. The lowest BCUT2D eigenvalue weighted by molar-refractivity contribution is -0.117. The summed E-state index contributed by atoms with van der Waals surface area (Å²) in [6, 6.07) is 7.94. The number of fused-ring (bicyclic) bond motifs is 1. The third-order valence-corrected chi connectivity index (χ3v) is 2.97. The third kappa shape index (κ3) is 2.27. The van der Waals surface area contributed by atoms with Crippen LogP contribution in [0, 0.1) is 0 Å². The molecular weight excluding hydrogens is 222 g/mol. The van der Waals surface area contributed by atoms with Gasteiger partial charge < -0.3 is 9.36 Å². The van der Waals surface area contributed by atoms with E-state index in [1.54, 1.807) is 6.92 Å². The molecule has 0 unspecified atom stereocenters. The van der Waals surface area contributed by atoms with Crippen molar-refractivity contribution >= 4 is 28.3 Å². The first-order valence-corrected chi connectivity index (χ1v) is 5.79. The number of hydrogen-bond acceptors (Lipinski definition) is 1. The van der Waals surface area contributed by atoms with Crippen molar-refractivity contribution in [2.75, 3.05) is 0 Å². The van der Waals surface area contributed by atoms with Gasteiger partial charge in [-0.1, -0.05) is 23.7 Å². The second-order valence-electron chi connectivity index (χ2n) is 3.99. The Labute approximate surface area is 99.8 Å². The highest BCUT2D eigenvalue weighted by Crippen LogP contribution is 2.24. The molecule has 1 heterocycles. The molecule has 0 atom stereocenters. The zero-order valence-corrected chi connectivity index (χ0v) is 10.00. The molecule has 1 aromatic carbocycles. The van der Waals surface area contributed by atoms with Gasteiger partial charge >= 0.3 is 0 Å². The van der Waals surface area contributed by atoms with Crippen molar-refractivity contribution in [2.24, 2.45) is 0 Å². The molecule has 0 saturated carbocycles. The molecule has 0 saturated heterocycles. The van der Waals surface area contributed by atoms with Crippen molar-refractivity contribution in [3.63, 3.8) is 0 Å². The van der Waals surface area contributed by atoms with Crippen LogP contribution in [0.25, 0.3) is 10.9 Å². The minimum atomic E-state index is 0.238. The summed E-state index contributed by atoms with van der Waals surface area (Å²) in [5, 5.41) is 1.92. The summed E-state index contributed by atoms with van der Waals surface area (Å²) in [4.78, 5) is 10.9. The van der Waals surface area contributed by atoms with Crippen LogP contribution in [-0.2, 0) is 11.3 Å². The van der Waals surface area contributed by atoms with Crippen LogP contribution < -0.4 is 0 Å². The first kappa shape index (κ1) is 11.2. The summed E-state index contributed by atoms with van der Waals surface area (Å²) >= 11 is 6.16. The maximum atomic E-state index is 10.9. The number of ketones is 1. The third-order valence-electron chi connectivity index (χ3n) is 2.67. The Morgan fingerprint density at radius 3 is 2.94 bits per heavy atom. The molecule has 0 spiro atoms. The van der Waals surface area contributed by atoms with Crippen molar-refractivity contribution in [1.82, 2.24) is 4.57 Å². The number of carbonyl (C=O) groups is 1. The molecule has 2 rings (SSSR count). The van der Waals surface area contributed by atoms with Gasteiger partial charge in [-0.05, 0) is 25.5 Å². The van der Waals surface area contributed by atoms with Crippen LogP contribution in [0.5, 0.6) is 0 Å². The maximum absolute atomic E-state index is 10.9. The predicted octanol–water partition coefficient (Wildman–Crippen LogP) is 3.66. The molecule has 84 valence electrons. The normalized spacial score (nSPS) is 10.9. The van der Waals surface area contributed by atoms with Gasteiger partial charge in [-0.2, -0.15) is 0 Å². The van der Waals surface area contributed by atoms with Gasteiger partial charge in [0, 0.05) is 24.5 Å². The molecule has 0 aliphatic rings. The van der Waals surface area contributed by atoms with Gasteiger partial charge in [0.2, 0.25) is 0 Å². The number of aromatic nitrogens is 1. The highest BCUT2D eigenvalue weighted by Gasteiger charge is 2.04. The molecule has 2 nitrogen and oxygen atoms in total. The average Bonchev–Trinajstić information content (AvgIpc) is 2.62. The van der Waals surface area contributed by atoms with E-state index in [1.165, 1.54) is 0 Å². The average molecular weight is 236 g/mol. The molecule has 3 heteroatoms. The first-order valence-electron chi connectivity index (χ1n) is 5.41. The number of halogens is 1. The van der Waals surface area contributed by atoms with E-state index in [1.807, 2.05) is 24.4 Å². The van der Waals surface area contributed by atoms with E-state index in [0.717, 1.165) is 28.9 Å². The quantitative estimate of drug-likeness (QED) is 0.793. The largest absolute Gasteiger partial charge is 0.346 e. The van der Waals surface area contributed by atoms with E-state index in [-0.39, 0.29) is 5.78 Å². The van der Waals surface area contributed by atoms with Gasteiger partial charge in [-0.25, -0.2) is 0 Å². The summed E-state index contributed by atoms with van der Waals surface area (Å²) < 4.78 is 2.11.